The van der Waals surface area contributed by atoms with Crippen molar-refractivity contribution >= 4 is 28.8 Å². The van der Waals surface area contributed by atoms with E-state index < -0.39 is 6.04 Å². The molecule has 0 saturated carbocycles. The SMILES string of the molecule is COc1ccc(C(C(=O)Nc2ccc(C(C)C)cc2)N(C)C(=O)c2cc(O)cs2)cc1. The monoisotopic (exact) mass is 438 g/mol. The number of nitrogens with zero attached hydrogens (tertiary/aromatic N) is 1. The smallest absolute Gasteiger partial charge is 0.264 e. The summed E-state index contributed by atoms with van der Waals surface area (Å²) in [5, 5.41) is 14.0. The maximum absolute atomic E-state index is 13.3. The first-order chi connectivity index (χ1) is 14.8. The largest absolute Gasteiger partial charge is 0.507 e. The summed E-state index contributed by atoms with van der Waals surface area (Å²) in [6.07, 6.45) is 0. The van der Waals surface area contributed by atoms with Gasteiger partial charge in [0.25, 0.3) is 11.8 Å². The predicted molar refractivity (Wildman–Crippen MR) is 123 cm³/mol. The van der Waals surface area contributed by atoms with E-state index >= 15 is 0 Å². The molecule has 1 atom stereocenters. The highest BCUT2D eigenvalue weighted by Crippen LogP contribution is 2.28. The fourth-order valence-electron chi connectivity index (χ4n) is 3.23. The number of hydrogen-bond acceptors (Lipinski definition) is 5. The third kappa shape index (κ3) is 5.24. The average molecular weight is 439 g/mol. The summed E-state index contributed by atoms with van der Waals surface area (Å²) in [5.74, 6) is 0.389. The fraction of sp³-hybridized carbons (Fsp3) is 0.250. The van der Waals surface area contributed by atoms with E-state index in [1.54, 1.807) is 38.4 Å². The Labute approximate surface area is 186 Å². The van der Waals surface area contributed by atoms with Crippen molar-refractivity contribution in [2.24, 2.45) is 0 Å². The van der Waals surface area contributed by atoms with Crippen LogP contribution < -0.4 is 10.1 Å². The number of nitrogens with one attached hydrogen (secondary N) is 1. The van der Waals surface area contributed by atoms with Crippen LogP contribution in [-0.4, -0.2) is 36.0 Å². The number of aromatic hydroxyl groups is 1. The summed E-state index contributed by atoms with van der Waals surface area (Å²) in [6.45, 7) is 4.21. The molecule has 2 amide bonds. The minimum absolute atomic E-state index is 0.0254. The lowest BCUT2D eigenvalue weighted by atomic mass is 10.0. The Morgan fingerprint density at radius 2 is 1.65 bits per heavy atom. The molecule has 3 aromatic rings. The highest BCUT2D eigenvalue weighted by atomic mass is 32.1. The molecular formula is C24H26N2O4S. The highest BCUT2D eigenvalue weighted by Gasteiger charge is 2.30. The van der Waals surface area contributed by atoms with Crippen molar-refractivity contribution in [1.29, 1.82) is 0 Å². The van der Waals surface area contributed by atoms with E-state index in [-0.39, 0.29) is 17.6 Å². The number of carbonyl (C=O) groups is 2. The summed E-state index contributed by atoms with van der Waals surface area (Å²) >= 11 is 1.13. The van der Waals surface area contributed by atoms with Gasteiger partial charge in [0.1, 0.15) is 17.5 Å². The Bertz CT molecular complexity index is 1040. The van der Waals surface area contributed by atoms with Gasteiger partial charge in [0.15, 0.2) is 0 Å². The topological polar surface area (TPSA) is 78.9 Å². The Kier molecular flexibility index (Phi) is 6.97. The Morgan fingerprint density at radius 3 is 2.16 bits per heavy atom. The first-order valence-corrected chi connectivity index (χ1v) is 10.8. The number of benzene rings is 2. The lowest BCUT2D eigenvalue weighted by Gasteiger charge is -2.27. The highest BCUT2D eigenvalue weighted by molar-refractivity contribution is 7.12. The van der Waals surface area contributed by atoms with Gasteiger partial charge in [-0.2, -0.15) is 0 Å². The van der Waals surface area contributed by atoms with Crippen molar-refractivity contribution < 1.29 is 19.4 Å². The molecule has 0 saturated heterocycles. The molecular weight excluding hydrogens is 412 g/mol. The maximum Gasteiger partial charge on any atom is 0.264 e. The first-order valence-electron chi connectivity index (χ1n) is 9.89. The molecule has 1 heterocycles. The minimum atomic E-state index is -0.868. The maximum atomic E-state index is 13.3. The van der Waals surface area contributed by atoms with E-state index in [2.05, 4.69) is 19.2 Å². The van der Waals surface area contributed by atoms with Crippen LogP contribution in [0.3, 0.4) is 0 Å². The van der Waals surface area contributed by atoms with Gasteiger partial charge < -0.3 is 20.1 Å². The molecule has 2 aromatic carbocycles. The van der Waals surface area contributed by atoms with Crippen LogP contribution >= 0.6 is 11.3 Å². The Balaban J connectivity index is 1.90. The van der Waals surface area contributed by atoms with Crippen molar-refractivity contribution in [3.8, 4) is 11.5 Å². The van der Waals surface area contributed by atoms with E-state index in [9.17, 15) is 14.7 Å². The molecule has 0 spiro atoms. The number of hydrogen-bond donors (Lipinski definition) is 2. The van der Waals surface area contributed by atoms with Gasteiger partial charge in [-0.1, -0.05) is 38.1 Å². The van der Waals surface area contributed by atoms with Crippen LogP contribution in [0.1, 0.15) is 46.6 Å². The van der Waals surface area contributed by atoms with Crippen LogP contribution in [0.4, 0.5) is 5.69 Å². The molecule has 3 rings (SSSR count). The van der Waals surface area contributed by atoms with E-state index in [4.69, 9.17) is 4.74 Å². The molecule has 6 nitrogen and oxygen atoms in total. The number of likely N-dealkylation sites (N-methyl/N-ethyl adjacent to an activating group) is 1. The molecule has 2 N–H and O–H groups in total. The summed E-state index contributed by atoms with van der Waals surface area (Å²) in [4.78, 5) is 28.0. The normalized spacial score (nSPS) is 11.8. The average Bonchev–Trinajstić information content (AvgIpc) is 3.20. The second kappa shape index (κ2) is 9.66. The van der Waals surface area contributed by atoms with Gasteiger partial charge in [0.05, 0.1) is 12.0 Å². The summed E-state index contributed by atoms with van der Waals surface area (Å²) in [6, 6.07) is 15.2. The van der Waals surface area contributed by atoms with Crippen molar-refractivity contribution in [2.45, 2.75) is 25.8 Å². The third-order valence-electron chi connectivity index (χ3n) is 5.03. The van der Waals surface area contributed by atoms with Gasteiger partial charge in [-0.05, 0) is 41.3 Å². The van der Waals surface area contributed by atoms with Gasteiger partial charge in [-0.3, -0.25) is 9.59 Å². The van der Waals surface area contributed by atoms with Crippen LogP contribution in [0, 0.1) is 0 Å². The molecule has 0 fully saturated rings. The number of methoxy groups -OCH3 is 1. The van der Waals surface area contributed by atoms with E-state index in [0.29, 0.717) is 27.8 Å². The third-order valence-corrected chi connectivity index (χ3v) is 5.93. The number of carbonyl (C=O) groups excluding carboxylic acids is 2. The molecule has 7 heteroatoms. The molecule has 0 radical (unpaired) electrons. The van der Waals surface area contributed by atoms with E-state index in [0.717, 1.165) is 11.3 Å². The van der Waals surface area contributed by atoms with Crippen molar-refractivity contribution in [3.05, 3.63) is 76.0 Å². The Hall–Kier alpha value is -3.32. The molecule has 0 aliphatic heterocycles. The van der Waals surface area contributed by atoms with Gasteiger partial charge in [0.2, 0.25) is 0 Å². The number of ether oxygens (including phenoxy) is 1. The molecule has 31 heavy (non-hydrogen) atoms. The number of thiophene rings is 1. The first kappa shape index (κ1) is 22.4. The summed E-state index contributed by atoms with van der Waals surface area (Å²) in [5.41, 5.74) is 2.48. The van der Waals surface area contributed by atoms with Crippen molar-refractivity contribution in [3.63, 3.8) is 0 Å². The number of amides is 2. The van der Waals surface area contributed by atoms with Gasteiger partial charge in [-0.25, -0.2) is 0 Å². The van der Waals surface area contributed by atoms with Crippen LogP contribution in [0.25, 0.3) is 0 Å². The molecule has 0 aliphatic carbocycles. The van der Waals surface area contributed by atoms with Crippen molar-refractivity contribution in [1.82, 2.24) is 4.90 Å². The molecule has 1 aromatic heterocycles. The second-order valence-electron chi connectivity index (χ2n) is 7.53. The minimum Gasteiger partial charge on any atom is -0.507 e. The molecule has 0 aliphatic rings. The lowest BCUT2D eigenvalue weighted by Crippen LogP contribution is -2.38. The van der Waals surface area contributed by atoms with Crippen LogP contribution in [0.5, 0.6) is 11.5 Å². The summed E-state index contributed by atoms with van der Waals surface area (Å²) < 4.78 is 5.21. The zero-order valence-electron chi connectivity index (χ0n) is 18.0. The van der Waals surface area contributed by atoms with Gasteiger partial charge in [-0.15, -0.1) is 11.3 Å². The number of rotatable bonds is 7. The second-order valence-corrected chi connectivity index (χ2v) is 8.44. The van der Waals surface area contributed by atoms with Crippen LogP contribution in [0.2, 0.25) is 0 Å². The number of anilines is 1. The van der Waals surface area contributed by atoms with Gasteiger partial charge in [0, 0.05) is 24.2 Å². The standard InChI is InChI=1S/C24H26N2O4S/c1-15(2)16-5-9-18(10-6-16)25-23(28)22(17-7-11-20(30-4)12-8-17)26(3)24(29)21-13-19(27)14-31-21/h5-15,22,27H,1-4H3,(H,25,28). The molecule has 0 bridgehead atoms. The quantitative estimate of drug-likeness (QED) is 0.542. The van der Waals surface area contributed by atoms with Gasteiger partial charge >= 0.3 is 0 Å². The van der Waals surface area contributed by atoms with Crippen LogP contribution in [0.15, 0.2) is 60.0 Å². The zero-order valence-corrected chi connectivity index (χ0v) is 18.8. The lowest BCUT2D eigenvalue weighted by molar-refractivity contribution is -0.120. The van der Waals surface area contributed by atoms with Crippen molar-refractivity contribution in [2.75, 3.05) is 19.5 Å². The molecule has 1 unspecified atom stereocenters. The van der Waals surface area contributed by atoms with Crippen LogP contribution in [-0.2, 0) is 4.79 Å². The van der Waals surface area contributed by atoms with E-state index in [1.807, 2.05) is 24.3 Å². The predicted octanol–water partition coefficient (Wildman–Crippen LogP) is 5.04. The molecule has 162 valence electrons. The Morgan fingerprint density at radius 1 is 1.03 bits per heavy atom. The summed E-state index contributed by atoms with van der Waals surface area (Å²) in [7, 11) is 3.15. The fourth-order valence-corrected chi connectivity index (χ4v) is 3.98. The van der Waals surface area contributed by atoms with E-state index in [1.165, 1.54) is 21.9 Å². The zero-order chi connectivity index (χ0) is 22.5.